The molecule has 1 aromatic rings. The minimum atomic E-state index is -0.604. The van der Waals surface area contributed by atoms with E-state index < -0.39 is 4.92 Å². The van der Waals surface area contributed by atoms with Crippen LogP contribution in [-0.4, -0.2) is 41.4 Å². The third-order valence-corrected chi connectivity index (χ3v) is 2.40. The summed E-state index contributed by atoms with van der Waals surface area (Å²) in [6, 6.07) is 4.01. The average molecular weight is 267 g/mol. The smallest absolute Gasteiger partial charge is 0.292 e. The molecule has 9 heteroatoms. The lowest BCUT2D eigenvalue weighted by molar-refractivity contribution is -0.384. The summed E-state index contributed by atoms with van der Waals surface area (Å²) in [6.45, 7) is -0.0883. The van der Waals surface area contributed by atoms with Gasteiger partial charge in [-0.1, -0.05) is 11.2 Å². The van der Waals surface area contributed by atoms with E-state index in [1.807, 2.05) is 0 Å². The fourth-order valence-electron chi connectivity index (χ4n) is 1.63. The number of aliphatic hydroxyl groups is 2. The standard InChI is InChI=1S/C10H13N5O4/c11-13-12-8-1-2-9(10(7-8)15(18)19)14(3-5-16)4-6-17/h1-2,7,16-17H,3-6H2. The molecule has 19 heavy (non-hydrogen) atoms. The Morgan fingerprint density at radius 1 is 1.37 bits per heavy atom. The van der Waals surface area contributed by atoms with Crippen molar-refractivity contribution >= 4 is 17.1 Å². The summed E-state index contributed by atoms with van der Waals surface area (Å²) < 4.78 is 0. The van der Waals surface area contributed by atoms with Crippen LogP contribution in [0.4, 0.5) is 17.1 Å². The van der Waals surface area contributed by atoms with Gasteiger partial charge in [0.1, 0.15) is 5.69 Å². The molecule has 0 aromatic heterocycles. The third-order valence-electron chi connectivity index (χ3n) is 2.40. The summed E-state index contributed by atoms with van der Waals surface area (Å²) >= 11 is 0. The maximum absolute atomic E-state index is 11.0. The van der Waals surface area contributed by atoms with Crippen LogP contribution < -0.4 is 4.90 Å². The molecule has 0 saturated carbocycles. The van der Waals surface area contributed by atoms with Crippen LogP contribution in [0.15, 0.2) is 23.3 Å². The van der Waals surface area contributed by atoms with Crippen molar-refractivity contribution in [3.05, 3.63) is 38.8 Å². The van der Waals surface area contributed by atoms with Crippen molar-refractivity contribution in [1.82, 2.24) is 0 Å². The fraction of sp³-hybridized carbons (Fsp3) is 0.400. The van der Waals surface area contributed by atoms with Crippen LogP contribution in [0.1, 0.15) is 0 Å². The molecule has 0 bridgehead atoms. The zero-order valence-corrected chi connectivity index (χ0v) is 10.0. The molecule has 0 saturated heterocycles. The highest BCUT2D eigenvalue weighted by atomic mass is 16.6. The van der Waals surface area contributed by atoms with Crippen LogP contribution in [0.2, 0.25) is 0 Å². The van der Waals surface area contributed by atoms with E-state index in [1.54, 1.807) is 0 Å². The monoisotopic (exact) mass is 267 g/mol. The highest BCUT2D eigenvalue weighted by molar-refractivity contribution is 5.68. The molecule has 9 nitrogen and oxygen atoms in total. The molecule has 0 aliphatic carbocycles. The first-order chi connectivity index (χ1) is 9.13. The number of nitro benzene ring substituents is 1. The molecule has 0 aliphatic rings. The van der Waals surface area contributed by atoms with E-state index in [4.69, 9.17) is 15.7 Å². The van der Waals surface area contributed by atoms with E-state index in [2.05, 4.69) is 10.0 Å². The Morgan fingerprint density at radius 2 is 2.00 bits per heavy atom. The van der Waals surface area contributed by atoms with Gasteiger partial charge in [-0.15, -0.1) is 0 Å². The van der Waals surface area contributed by atoms with Crippen molar-refractivity contribution in [3.8, 4) is 0 Å². The number of aliphatic hydroxyl groups excluding tert-OH is 2. The molecule has 0 heterocycles. The molecule has 102 valence electrons. The van der Waals surface area contributed by atoms with Gasteiger partial charge < -0.3 is 15.1 Å². The van der Waals surface area contributed by atoms with Crippen molar-refractivity contribution in [1.29, 1.82) is 0 Å². The van der Waals surface area contributed by atoms with E-state index >= 15 is 0 Å². The SMILES string of the molecule is [N-]=[N+]=Nc1ccc(N(CCO)CCO)c([N+](=O)[O-])c1. The van der Waals surface area contributed by atoms with Crippen molar-refractivity contribution in [2.24, 2.45) is 5.11 Å². The first kappa shape index (κ1) is 14.7. The number of benzene rings is 1. The van der Waals surface area contributed by atoms with Crippen LogP contribution in [0, 0.1) is 10.1 Å². The highest BCUT2D eigenvalue weighted by Crippen LogP contribution is 2.32. The van der Waals surface area contributed by atoms with E-state index in [-0.39, 0.29) is 43.4 Å². The van der Waals surface area contributed by atoms with Gasteiger partial charge in [0.2, 0.25) is 0 Å². The topological polar surface area (TPSA) is 136 Å². The summed E-state index contributed by atoms with van der Waals surface area (Å²) in [4.78, 5) is 14.5. The van der Waals surface area contributed by atoms with E-state index in [0.717, 1.165) is 6.07 Å². The number of rotatable bonds is 7. The lowest BCUT2D eigenvalue weighted by Crippen LogP contribution is -2.30. The lowest BCUT2D eigenvalue weighted by atomic mass is 10.2. The number of anilines is 1. The second-order valence-electron chi connectivity index (χ2n) is 3.55. The minimum Gasteiger partial charge on any atom is -0.395 e. The van der Waals surface area contributed by atoms with Crippen LogP contribution in [-0.2, 0) is 0 Å². The average Bonchev–Trinajstić information content (AvgIpc) is 2.39. The van der Waals surface area contributed by atoms with Crippen LogP contribution in [0.5, 0.6) is 0 Å². The summed E-state index contributed by atoms with van der Waals surface area (Å²) in [6.07, 6.45) is 0. The van der Waals surface area contributed by atoms with Crippen LogP contribution in [0.3, 0.4) is 0 Å². The highest BCUT2D eigenvalue weighted by Gasteiger charge is 2.19. The Bertz CT molecular complexity index is 495. The Hall–Kier alpha value is -2.35. The Morgan fingerprint density at radius 3 is 2.47 bits per heavy atom. The molecule has 1 rings (SSSR count). The second-order valence-corrected chi connectivity index (χ2v) is 3.55. The van der Waals surface area contributed by atoms with Crippen LogP contribution >= 0.6 is 0 Å². The summed E-state index contributed by atoms with van der Waals surface area (Å²) in [5.74, 6) is 0. The largest absolute Gasteiger partial charge is 0.395 e. The van der Waals surface area contributed by atoms with Gasteiger partial charge in [-0.2, -0.15) is 0 Å². The number of nitro groups is 1. The third kappa shape index (κ3) is 3.81. The molecule has 0 radical (unpaired) electrons. The number of nitrogens with zero attached hydrogens (tertiary/aromatic N) is 5. The van der Waals surface area contributed by atoms with Gasteiger partial charge in [0.15, 0.2) is 0 Å². The van der Waals surface area contributed by atoms with Gasteiger partial charge in [-0.25, -0.2) is 0 Å². The van der Waals surface area contributed by atoms with Gasteiger partial charge >= 0.3 is 0 Å². The van der Waals surface area contributed by atoms with E-state index in [0.29, 0.717) is 0 Å². The quantitative estimate of drug-likeness (QED) is 0.252. The lowest BCUT2D eigenvalue weighted by Gasteiger charge is -2.22. The summed E-state index contributed by atoms with van der Waals surface area (Å²) in [5.41, 5.74) is 8.45. The van der Waals surface area contributed by atoms with Crippen LogP contribution in [0.25, 0.3) is 10.4 Å². The summed E-state index contributed by atoms with van der Waals surface area (Å²) in [5, 5.41) is 32.2. The molecule has 0 atom stereocenters. The van der Waals surface area contributed by atoms with Gasteiger partial charge in [-0.3, -0.25) is 10.1 Å². The van der Waals surface area contributed by atoms with Gasteiger partial charge in [0.25, 0.3) is 5.69 Å². The Labute approximate surface area is 108 Å². The minimum absolute atomic E-state index is 0.130. The first-order valence-corrected chi connectivity index (χ1v) is 5.44. The zero-order valence-electron chi connectivity index (χ0n) is 10.0. The van der Waals surface area contributed by atoms with Gasteiger partial charge in [0, 0.05) is 29.8 Å². The summed E-state index contributed by atoms with van der Waals surface area (Å²) in [7, 11) is 0. The zero-order chi connectivity index (χ0) is 14.3. The van der Waals surface area contributed by atoms with Crippen molar-refractivity contribution in [3.63, 3.8) is 0 Å². The van der Waals surface area contributed by atoms with Crippen molar-refractivity contribution < 1.29 is 15.1 Å². The molecule has 0 amide bonds. The Kier molecular flexibility index (Phi) is 5.55. The normalized spacial score (nSPS) is 9.79. The molecule has 0 spiro atoms. The predicted octanol–water partition coefficient (Wildman–Crippen LogP) is 1.33. The predicted molar refractivity (Wildman–Crippen MR) is 68.3 cm³/mol. The molecule has 0 fully saturated rings. The number of hydrogen-bond donors (Lipinski definition) is 2. The number of hydrogen-bond acceptors (Lipinski definition) is 6. The van der Waals surface area contributed by atoms with Crippen molar-refractivity contribution in [2.75, 3.05) is 31.2 Å². The fourth-order valence-corrected chi connectivity index (χ4v) is 1.63. The van der Waals surface area contributed by atoms with Gasteiger partial charge in [-0.05, 0) is 11.6 Å². The molecule has 2 N–H and O–H groups in total. The maximum Gasteiger partial charge on any atom is 0.292 e. The Balaban J connectivity index is 3.23. The molecule has 0 aliphatic heterocycles. The molecule has 0 unspecified atom stereocenters. The van der Waals surface area contributed by atoms with Gasteiger partial charge in [0.05, 0.1) is 18.1 Å². The molecule has 1 aromatic carbocycles. The number of azide groups is 1. The van der Waals surface area contributed by atoms with E-state index in [1.165, 1.54) is 17.0 Å². The molecular weight excluding hydrogens is 254 g/mol. The van der Waals surface area contributed by atoms with Crippen molar-refractivity contribution in [2.45, 2.75) is 0 Å². The molecular formula is C10H13N5O4. The van der Waals surface area contributed by atoms with E-state index in [9.17, 15) is 10.1 Å². The second kappa shape index (κ2) is 7.17. The first-order valence-electron chi connectivity index (χ1n) is 5.44. The maximum atomic E-state index is 11.0.